The first-order valence-corrected chi connectivity index (χ1v) is 12.1. The number of rotatable bonds is 6. The van der Waals surface area contributed by atoms with Crippen molar-refractivity contribution < 1.29 is 27.4 Å². The van der Waals surface area contributed by atoms with Crippen molar-refractivity contribution in [2.24, 2.45) is 0 Å². The van der Waals surface area contributed by atoms with E-state index in [4.69, 9.17) is 9.47 Å². The van der Waals surface area contributed by atoms with Gasteiger partial charge in [0.25, 0.3) is 0 Å². The lowest BCUT2D eigenvalue weighted by atomic mass is 10.0. The molecule has 38 heavy (non-hydrogen) atoms. The molecule has 1 aliphatic rings. The van der Waals surface area contributed by atoms with Gasteiger partial charge in [-0.25, -0.2) is 0 Å². The lowest BCUT2D eigenvalue weighted by Crippen LogP contribution is -2.43. The molecule has 0 bridgehead atoms. The van der Waals surface area contributed by atoms with Crippen LogP contribution in [0.25, 0.3) is 11.3 Å². The first-order valence-electron chi connectivity index (χ1n) is 12.1. The van der Waals surface area contributed by atoms with Gasteiger partial charge < -0.3 is 14.4 Å². The van der Waals surface area contributed by atoms with Gasteiger partial charge in [-0.1, -0.05) is 35.9 Å². The molecule has 1 amide bonds. The highest BCUT2D eigenvalue weighted by atomic mass is 19.4. The Balaban J connectivity index is 1.27. The minimum atomic E-state index is -4.39. The third kappa shape index (κ3) is 5.86. The maximum absolute atomic E-state index is 12.7. The summed E-state index contributed by atoms with van der Waals surface area (Å²) in [6.07, 6.45) is -2.63. The lowest BCUT2D eigenvalue weighted by molar-refractivity contribution is -0.149. The number of aryl methyl sites for hydroxylation is 1. The third-order valence-electron chi connectivity index (χ3n) is 6.41. The Bertz CT molecular complexity index is 1390. The van der Waals surface area contributed by atoms with Gasteiger partial charge in [0.15, 0.2) is 0 Å². The van der Waals surface area contributed by atoms with E-state index in [1.807, 2.05) is 60.4 Å². The third-order valence-corrected chi connectivity index (χ3v) is 6.41. The van der Waals surface area contributed by atoms with Crippen LogP contribution in [0.3, 0.4) is 0 Å². The fraction of sp³-hybridized carbons (Fsp3) is 0.200. The van der Waals surface area contributed by atoms with Gasteiger partial charge in [0.05, 0.1) is 23.9 Å². The molecule has 0 radical (unpaired) electrons. The summed E-state index contributed by atoms with van der Waals surface area (Å²) in [4.78, 5) is 19.1. The van der Waals surface area contributed by atoms with Crippen LogP contribution in [-0.4, -0.2) is 29.0 Å². The average molecular weight is 519 g/mol. The van der Waals surface area contributed by atoms with Crippen LogP contribution in [0.2, 0.25) is 0 Å². The van der Waals surface area contributed by atoms with Gasteiger partial charge in [0, 0.05) is 18.3 Å². The van der Waals surface area contributed by atoms with E-state index in [0.717, 1.165) is 40.1 Å². The molecule has 1 atom stereocenters. The molecule has 1 aromatic heterocycles. The van der Waals surface area contributed by atoms with Crippen molar-refractivity contribution in [1.29, 1.82) is 0 Å². The summed E-state index contributed by atoms with van der Waals surface area (Å²) in [5.74, 6) is 0.747. The maximum atomic E-state index is 12.7. The Morgan fingerprint density at radius 1 is 0.921 bits per heavy atom. The lowest BCUT2D eigenvalue weighted by Gasteiger charge is -2.35. The highest BCUT2D eigenvalue weighted by Crippen LogP contribution is 2.32. The quantitative estimate of drug-likeness (QED) is 0.277. The van der Waals surface area contributed by atoms with Gasteiger partial charge in [0.1, 0.15) is 18.1 Å². The van der Waals surface area contributed by atoms with Crippen LogP contribution >= 0.6 is 0 Å². The molecule has 2 heterocycles. The Morgan fingerprint density at radius 3 is 2.18 bits per heavy atom. The molecule has 1 saturated heterocycles. The highest BCUT2D eigenvalue weighted by Gasteiger charge is 2.31. The molecule has 3 aromatic carbocycles. The van der Waals surface area contributed by atoms with Crippen molar-refractivity contribution in [2.45, 2.75) is 25.7 Å². The van der Waals surface area contributed by atoms with Crippen molar-refractivity contribution in [3.63, 3.8) is 0 Å². The molecule has 1 aliphatic heterocycles. The molecular weight excluding hydrogens is 493 g/mol. The minimum absolute atomic E-state index is 0.0606. The molecule has 0 N–H and O–H groups in total. The molecule has 5 nitrogen and oxygen atoms in total. The summed E-state index contributed by atoms with van der Waals surface area (Å²) >= 11 is 0. The number of alkyl halides is 3. The molecule has 194 valence electrons. The Labute approximate surface area is 218 Å². The van der Waals surface area contributed by atoms with E-state index < -0.39 is 11.7 Å². The fourth-order valence-electron chi connectivity index (χ4n) is 4.28. The van der Waals surface area contributed by atoms with Crippen molar-refractivity contribution in [3.05, 3.63) is 113 Å². The SMILES string of the molecule is Cc1ccc(CN2C(=O)COCC2c2ccc(-c3ccc(Oc4ccc(C(F)(F)F)cc4)cc3)nc2)cc1. The van der Waals surface area contributed by atoms with Gasteiger partial charge in [-0.05, 0) is 72.6 Å². The fourth-order valence-corrected chi connectivity index (χ4v) is 4.28. The molecular formula is C30H25F3N2O3. The summed E-state index contributed by atoms with van der Waals surface area (Å²) in [5, 5.41) is 0. The second-order valence-electron chi connectivity index (χ2n) is 9.16. The van der Waals surface area contributed by atoms with Gasteiger partial charge >= 0.3 is 6.18 Å². The maximum Gasteiger partial charge on any atom is 0.416 e. The van der Waals surface area contributed by atoms with Crippen LogP contribution < -0.4 is 4.74 Å². The molecule has 0 spiro atoms. The minimum Gasteiger partial charge on any atom is -0.457 e. The molecule has 5 rings (SSSR count). The summed E-state index contributed by atoms with van der Waals surface area (Å²) < 4.78 is 49.5. The zero-order chi connectivity index (χ0) is 26.7. The normalized spacial score (nSPS) is 15.9. The van der Waals surface area contributed by atoms with E-state index in [0.29, 0.717) is 24.7 Å². The Kier molecular flexibility index (Phi) is 7.15. The van der Waals surface area contributed by atoms with E-state index in [9.17, 15) is 18.0 Å². The predicted molar refractivity (Wildman–Crippen MR) is 136 cm³/mol. The predicted octanol–water partition coefficient (Wildman–Crippen LogP) is 6.97. The zero-order valence-electron chi connectivity index (χ0n) is 20.6. The number of carbonyl (C=O) groups excluding carboxylic acids is 1. The van der Waals surface area contributed by atoms with E-state index in [1.54, 1.807) is 18.3 Å². The number of amides is 1. The summed E-state index contributed by atoms with van der Waals surface area (Å²) in [7, 11) is 0. The number of morpholine rings is 1. The van der Waals surface area contributed by atoms with Crippen molar-refractivity contribution >= 4 is 5.91 Å². The number of benzene rings is 3. The van der Waals surface area contributed by atoms with Crippen LogP contribution in [0, 0.1) is 6.92 Å². The number of pyridine rings is 1. The van der Waals surface area contributed by atoms with E-state index >= 15 is 0 Å². The number of hydrogen-bond acceptors (Lipinski definition) is 4. The van der Waals surface area contributed by atoms with Crippen LogP contribution in [0.15, 0.2) is 91.1 Å². The summed E-state index contributed by atoms with van der Waals surface area (Å²) in [5.41, 5.74) is 3.97. The standard InChI is InChI=1S/C30H25F3N2O3/c1-20-2-4-21(5-3-20)17-35-28(18-37-19-29(35)36)23-8-15-27(34-16-23)22-6-11-25(12-7-22)38-26-13-9-24(10-14-26)30(31,32)33/h2-16,28H,17-19H2,1H3. The summed E-state index contributed by atoms with van der Waals surface area (Å²) in [6, 6.07) is 23.4. The first-order chi connectivity index (χ1) is 18.3. The Morgan fingerprint density at radius 2 is 1.58 bits per heavy atom. The number of carbonyl (C=O) groups is 1. The topological polar surface area (TPSA) is 51.7 Å². The van der Waals surface area contributed by atoms with Crippen LogP contribution in [0.5, 0.6) is 11.5 Å². The van der Waals surface area contributed by atoms with Crippen molar-refractivity contribution in [3.8, 4) is 22.8 Å². The average Bonchev–Trinajstić information content (AvgIpc) is 2.91. The van der Waals surface area contributed by atoms with E-state index in [2.05, 4.69) is 4.98 Å². The van der Waals surface area contributed by atoms with E-state index in [1.165, 1.54) is 12.1 Å². The molecule has 1 fully saturated rings. The highest BCUT2D eigenvalue weighted by molar-refractivity contribution is 5.78. The summed E-state index contributed by atoms with van der Waals surface area (Å²) in [6.45, 7) is 2.98. The number of hydrogen-bond donors (Lipinski definition) is 0. The number of aromatic nitrogens is 1. The van der Waals surface area contributed by atoms with Crippen molar-refractivity contribution in [1.82, 2.24) is 9.88 Å². The van der Waals surface area contributed by atoms with Crippen LogP contribution in [-0.2, 0) is 22.3 Å². The molecule has 0 aliphatic carbocycles. The zero-order valence-corrected chi connectivity index (χ0v) is 20.6. The van der Waals surface area contributed by atoms with E-state index in [-0.39, 0.29) is 18.6 Å². The largest absolute Gasteiger partial charge is 0.457 e. The van der Waals surface area contributed by atoms with Crippen molar-refractivity contribution in [2.75, 3.05) is 13.2 Å². The van der Waals surface area contributed by atoms with Crippen LogP contribution in [0.4, 0.5) is 13.2 Å². The number of ether oxygens (including phenoxy) is 2. The molecule has 0 saturated carbocycles. The first kappa shape index (κ1) is 25.5. The second kappa shape index (κ2) is 10.7. The van der Waals surface area contributed by atoms with Gasteiger partial charge in [-0.3, -0.25) is 9.78 Å². The monoisotopic (exact) mass is 518 g/mol. The molecule has 1 unspecified atom stereocenters. The molecule has 4 aromatic rings. The second-order valence-corrected chi connectivity index (χ2v) is 9.16. The van der Waals surface area contributed by atoms with Gasteiger partial charge in [0.2, 0.25) is 5.91 Å². The smallest absolute Gasteiger partial charge is 0.416 e. The number of nitrogens with zero attached hydrogens (tertiary/aromatic N) is 2. The Hall–Kier alpha value is -4.17. The molecule has 8 heteroatoms. The van der Waals surface area contributed by atoms with Gasteiger partial charge in [-0.15, -0.1) is 0 Å². The van der Waals surface area contributed by atoms with Crippen LogP contribution in [0.1, 0.15) is 28.3 Å². The van der Waals surface area contributed by atoms with Gasteiger partial charge in [-0.2, -0.15) is 13.2 Å². The number of halogens is 3.